The number of anilines is 3. The van der Waals surface area contributed by atoms with E-state index < -0.39 is 0 Å². The topological polar surface area (TPSA) is 6.48 Å². The minimum Gasteiger partial charge on any atom is -0.336 e. The molecule has 2 nitrogen and oxygen atoms in total. The van der Waals surface area contributed by atoms with E-state index in [0.29, 0.717) is 11.8 Å². The molecule has 0 amide bonds. The smallest absolute Gasteiger partial charge is 0.0557 e. The second-order valence-electron chi connectivity index (χ2n) is 14.9. The second-order valence-corrected chi connectivity index (χ2v) is 14.9. The van der Waals surface area contributed by atoms with Crippen LogP contribution in [0.1, 0.15) is 63.6 Å². The van der Waals surface area contributed by atoms with Crippen LogP contribution in [0.25, 0.3) is 11.4 Å². The highest BCUT2D eigenvalue weighted by Crippen LogP contribution is 2.53. The first-order chi connectivity index (χ1) is 23.7. The van der Waals surface area contributed by atoms with Crippen LogP contribution in [-0.4, -0.2) is 6.04 Å². The lowest BCUT2D eigenvalue weighted by Crippen LogP contribution is -2.54. The molecule has 49 heavy (non-hydrogen) atoms. The lowest BCUT2D eigenvalue weighted by atomic mass is 9.64. The van der Waals surface area contributed by atoms with E-state index in [9.17, 15) is 0 Å². The van der Waals surface area contributed by atoms with Crippen LogP contribution in [0.3, 0.4) is 0 Å². The number of aryl methyl sites for hydroxylation is 2. The first-order valence-electron chi connectivity index (χ1n) is 18.1. The Morgan fingerprint density at radius 3 is 1.94 bits per heavy atom. The van der Waals surface area contributed by atoms with Crippen molar-refractivity contribution in [1.82, 2.24) is 0 Å². The Hall–Kier alpha value is -4.82. The summed E-state index contributed by atoms with van der Waals surface area (Å²) < 4.78 is 0. The Labute approximate surface area is 293 Å². The molecule has 0 fully saturated rings. The molecular formula is C47H50N2. The van der Waals surface area contributed by atoms with Crippen molar-refractivity contribution in [2.24, 2.45) is 17.3 Å². The zero-order valence-corrected chi connectivity index (χ0v) is 30.2. The van der Waals surface area contributed by atoms with Gasteiger partial charge in [0.15, 0.2) is 0 Å². The molecule has 0 radical (unpaired) electrons. The summed E-state index contributed by atoms with van der Waals surface area (Å²) in [5.41, 5.74) is 11.2. The van der Waals surface area contributed by atoms with Crippen molar-refractivity contribution in [3.63, 3.8) is 0 Å². The van der Waals surface area contributed by atoms with Gasteiger partial charge in [-0.2, -0.15) is 0 Å². The highest BCUT2D eigenvalue weighted by Gasteiger charge is 2.47. The molecule has 4 aromatic rings. The number of hydrogen-bond donors (Lipinski definition) is 0. The third-order valence-corrected chi connectivity index (χ3v) is 10.7. The van der Waals surface area contributed by atoms with E-state index in [1.807, 2.05) is 0 Å². The number of rotatable bonds is 8. The van der Waals surface area contributed by atoms with Crippen LogP contribution >= 0.6 is 0 Å². The lowest BCUT2D eigenvalue weighted by molar-refractivity contribution is 0.446. The molecule has 3 aliphatic rings. The predicted molar refractivity (Wildman–Crippen MR) is 210 cm³/mol. The van der Waals surface area contributed by atoms with Crippen LogP contribution in [-0.2, 0) is 0 Å². The van der Waals surface area contributed by atoms with Gasteiger partial charge in [0, 0.05) is 50.2 Å². The molecule has 4 aromatic carbocycles. The molecule has 0 bridgehead atoms. The van der Waals surface area contributed by atoms with Gasteiger partial charge >= 0.3 is 0 Å². The van der Waals surface area contributed by atoms with Gasteiger partial charge in [0.25, 0.3) is 0 Å². The zero-order valence-electron chi connectivity index (χ0n) is 30.2. The van der Waals surface area contributed by atoms with E-state index in [2.05, 4.69) is 198 Å². The fourth-order valence-electron chi connectivity index (χ4n) is 7.94. The Kier molecular flexibility index (Phi) is 8.84. The standard InChI is InChI=1S/C47H50N2/c1-32(2)36-22-28-42-43(30-36)45(48(38-14-10-8-11-15-38)40-24-18-34(5)19-25-40)44-29-23-37(33(3)4)31-47(44,7)46(42)49(39-16-12-9-13-17-39)41-26-20-35(6)21-27-41/h8-16,18-33,39,44H,17H2,1-7H3. The van der Waals surface area contributed by atoms with Crippen LogP contribution in [0.5, 0.6) is 0 Å². The molecule has 248 valence electrons. The number of para-hydroxylation sites is 1. The minimum atomic E-state index is -0.340. The van der Waals surface area contributed by atoms with Crippen LogP contribution < -0.4 is 20.2 Å². The van der Waals surface area contributed by atoms with Gasteiger partial charge in [-0.1, -0.05) is 136 Å². The Morgan fingerprint density at radius 2 is 1.33 bits per heavy atom. The maximum atomic E-state index is 2.67. The molecule has 3 atom stereocenters. The van der Waals surface area contributed by atoms with Gasteiger partial charge in [-0.05, 0) is 92.6 Å². The van der Waals surface area contributed by atoms with E-state index in [1.165, 1.54) is 61.2 Å². The zero-order chi connectivity index (χ0) is 34.3. The molecule has 0 aliphatic heterocycles. The van der Waals surface area contributed by atoms with E-state index >= 15 is 0 Å². The molecular weight excluding hydrogens is 593 g/mol. The molecule has 0 aromatic heterocycles. The average Bonchev–Trinajstić information content (AvgIpc) is 3.11. The van der Waals surface area contributed by atoms with Gasteiger partial charge < -0.3 is 9.80 Å². The summed E-state index contributed by atoms with van der Waals surface area (Å²) in [6.07, 6.45) is 17.6. The first kappa shape index (κ1) is 32.7. The summed E-state index contributed by atoms with van der Waals surface area (Å²) in [5, 5.41) is 2.62. The maximum absolute atomic E-state index is 2.67. The van der Waals surface area contributed by atoms with Crippen molar-refractivity contribution in [2.45, 2.75) is 66.8 Å². The maximum Gasteiger partial charge on any atom is 0.0557 e. The van der Waals surface area contributed by atoms with Crippen molar-refractivity contribution in [3.8, 4) is 0 Å². The molecule has 3 unspecified atom stereocenters. The highest BCUT2D eigenvalue weighted by molar-refractivity contribution is 5.88. The van der Waals surface area contributed by atoms with Gasteiger partial charge in [-0.3, -0.25) is 0 Å². The fourth-order valence-corrected chi connectivity index (χ4v) is 7.94. The second kappa shape index (κ2) is 13.2. The number of benzene rings is 4. The van der Waals surface area contributed by atoms with Crippen LogP contribution in [0.15, 0.2) is 145 Å². The van der Waals surface area contributed by atoms with Crippen LogP contribution in [0.4, 0.5) is 17.1 Å². The molecule has 7 rings (SSSR count). The van der Waals surface area contributed by atoms with Gasteiger partial charge in [0.05, 0.1) is 6.04 Å². The molecule has 0 saturated heterocycles. The van der Waals surface area contributed by atoms with Crippen molar-refractivity contribution in [3.05, 3.63) is 172 Å². The quantitative estimate of drug-likeness (QED) is 0.189. The number of allylic oxidation sites excluding steroid dienone is 4. The molecule has 0 saturated carbocycles. The van der Waals surface area contributed by atoms with Crippen molar-refractivity contribution >= 4 is 28.5 Å². The van der Waals surface area contributed by atoms with E-state index in [0.717, 1.165) is 6.42 Å². The largest absolute Gasteiger partial charge is 0.336 e. The van der Waals surface area contributed by atoms with Crippen molar-refractivity contribution < 1.29 is 0 Å². The molecule has 0 spiro atoms. The first-order valence-corrected chi connectivity index (χ1v) is 18.1. The Balaban J connectivity index is 1.66. The van der Waals surface area contributed by atoms with Gasteiger partial charge in [-0.25, -0.2) is 0 Å². The van der Waals surface area contributed by atoms with Crippen molar-refractivity contribution in [2.75, 3.05) is 9.80 Å². The molecule has 0 heterocycles. The highest BCUT2D eigenvalue weighted by atomic mass is 15.2. The normalized spacial score (nSPS) is 21.1. The molecule has 3 aliphatic carbocycles. The number of hydrogen-bond acceptors (Lipinski definition) is 2. The third kappa shape index (κ3) is 6.03. The monoisotopic (exact) mass is 642 g/mol. The number of nitrogens with zero attached hydrogens (tertiary/aromatic N) is 2. The van der Waals surface area contributed by atoms with Gasteiger partial charge in [-0.15, -0.1) is 0 Å². The van der Waals surface area contributed by atoms with Gasteiger partial charge in [0.2, 0.25) is 0 Å². The summed E-state index contributed by atoms with van der Waals surface area (Å²) in [6, 6.07) is 36.7. The predicted octanol–water partition coefficient (Wildman–Crippen LogP) is 10.7. The minimum absolute atomic E-state index is 0.0810. The summed E-state index contributed by atoms with van der Waals surface area (Å²) in [5.74, 6) is 0.899. The lowest BCUT2D eigenvalue weighted by Gasteiger charge is -2.50. The molecule has 0 N–H and O–H groups in total. The van der Waals surface area contributed by atoms with E-state index in [4.69, 9.17) is 0 Å². The van der Waals surface area contributed by atoms with Crippen LogP contribution in [0, 0.1) is 31.1 Å². The molecule has 2 heteroatoms. The average molecular weight is 643 g/mol. The van der Waals surface area contributed by atoms with E-state index in [-0.39, 0.29) is 17.4 Å². The van der Waals surface area contributed by atoms with Crippen molar-refractivity contribution in [1.29, 1.82) is 0 Å². The third-order valence-electron chi connectivity index (χ3n) is 10.7. The fraction of sp³-hybridized carbons (Fsp3) is 0.277. The van der Waals surface area contributed by atoms with Gasteiger partial charge in [0.1, 0.15) is 0 Å². The Bertz CT molecular complexity index is 2070. The summed E-state index contributed by atoms with van der Waals surface area (Å²) >= 11 is 0. The summed E-state index contributed by atoms with van der Waals surface area (Å²) in [7, 11) is 0. The van der Waals surface area contributed by atoms with Crippen LogP contribution in [0.2, 0.25) is 0 Å². The number of fused-ring (bicyclic) bond motifs is 2. The summed E-state index contributed by atoms with van der Waals surface area (Å²) in [6.45, 7) is 16.1. The summed E-state index contributed by atoms with van der Waals surface area (Å²) in [4.78, 5) is 5.21. The Morgan fingerprint density at radius 1 is 0.673 bits per heavy atom. The SMILES string of the molecule is Cc1ccc(N(C2=c3cc(C(C)C)ccc3=C(N(c3ccc(C)cc3)C3C=CC=CC3)C3(C)C=C(C(C)C)C=CC23)c2ccccc2)cc1. The van der Waals surface area contributed by atoms with E-state index in [1.54, 1.807) is 0 Å².